The van der Waals surface area contributed by atoms with E-state index >= 15 is 0 Å². The average Bonchev–Trinajstić information content (AvgIpc) is 2.46. The lowest BCUT2D eigenvalue weighted by Gasteiger charge is -2.21. The summed E-state index contributed by atoms with van der Waals surface area (Å²) in [6.45, 7) is 14.4. The molecule has 0 atom stereocenters. The van der Waals surface area contributed by atoms with E-state index < -0.39 is 0 Å². The lowest BCUT2D eigenvalue weighted by atomic mass is 9.94. The number of carbonyl (C=O) groups excluding carboxylic acids is 1. The molecule has 130 valence electrons. The molecule has 0 unspecified atom stereocenters. The number of nitrogens with zero attached hydrogens (tertiary/aromatic N) is 1. The fourth-order valence-electron chi connectivity index (χ4n) is 2.30. The summed E-state index contributed by atoms with van der Waals surface area (Å²) in [4.78, 5) is 14.3. The highest BCUT2D eigenvalue weighted by atomic mass is 16.2. The Morgan fingerprint density at radius 2 is 1.74 bits per heavy atom. The number of urea groups is 1. The Morgan fingerprint density at radius 1 is 1.09 bits per heavy atom. The highest BCUT2D eigenvalue weighted by Gasteiger charge is 2.12. The number of amides is 2. The molecular formula is C19H33N3O. The Balaban J connectivity index is 2.67. The molecule has 4 nitrogen and oxygen atoms in total. The zero-order valence-corrected chi connectivity index (χ0v) is 15.7. The molecule has 0 fully saturated rings. The van der Waals surface area contributed by atoms with Crippen molar-refractivity contribution >= 4 is 11.7 Å². The first-order chi connectivity index (χ1) is 10.7. The van der Waals surface area contributed by atoms with E-state index in [-0.39, 0.29) is 6.03 Å². The molecule has 0 saturated heterocycles. The van der Waals surface area contributed by atoms with E-state index in [4.69, 9.17) is 0 Å². The van der Waals surface area contributed by atoms with Gasteiger partial charge in [-0.05, 0) is 49.9 Å². The topological polar surface area (TPSA) is 44.4 Å². The molecule has 4 heteroatoms. The zero-order chi connectivity index (χ0) is 17.6. The van der Waals surface area contributed by atoms with Crippen LogP contribution in [-0.2, 0) is 0 Å². The number of hydrogen-bond acceptors (Lipinski definition) is 2. The summed E-state index contributed by atoms with van der Waals surface area (Å²) < 4.78 is 0. The lowest BCUT2D eigenvalue weighted by Crippen LogP contribution is -2.38. The maximum absolute atomic E-state index is 12.1. The van der Waals surface area contributed by atoms with Crippen LogP contribution in [0.2, 0.25) is 0 Å². The first-order valence-electron chi connectivity index (χ1n) is 8.61. The second-order valence-corrected chi connectivity index (χ2v) is 7.11. The van der Waals surface area contributed by atoms with Gasteiger partial charge >= 0.3 is 6.03 Å². The maximum atomic E-state index is 12.1. The summed E-state index contributed by atoms with van der Waals surface area (Å²) in [5.41, 5.74) is 3.39. The summed E-state index contributed by atoms with van der Waals surface area (Å²) in [6.07, 6.45) is 0. The molecule has 0 aromatic heterocycles. The molecule has 0 radical (unpaired) electrons. The summed E-state index contributed by atoms with van der Waals surface area (Å²) in [7, 11) is 2.06. The van der Waals surface area contributed by atoms with Gasteiger partial charge < -0.3 is 15.5 Å². The molecule has 0 spiro atoms. The SMILES string of the molecule is CC(C)c1ccc(NC(=O)NCCN(C)C(C)C)c(C(C)C)c1. The second kappa shape index (κ2) is 8.92. The number of hydrogen-bond donors (Lipinski definition) is 2. The summed E-state index contributed by atoms with van der Waals surface area (Å²) >= 11 is 0. The van der Waals surface area contributed by atoms with Crippen molar-refractivity contribution in [2.75, 3.05) is 25.5 Å². The monoisotopic (exact) mass is 319 g/mol. The third-order valence-corrected chi connectivity index (χ3v) is 4.24. The van der Waals surface area contributed by atoms with Crippen LogP contribution in [-0.4, -0.2) is 37.1 Å². The minimum atomic E-state index is -0.138. The lowest BCUT2D eigenvalue weighted by molar-refractivity contribution is 0.244. The van der Waals surface area contributed by atoms with Crippen LogP contribution in [0.5, 0.6) is 0 Å². The largest absolute Gasteiger partial charge is 0.337 e. The van der Waals surface area contributed by atoms with Crippen molar-refractivity contribution in [3.05, 3.63) is 29.3 Å². The molecule has 23 heavy (non-hydrogen) atoms. The van der Waals surface area contributed by atoms with Crippen LogP contribution < -0.4 is 10.6 Å². The van der Waals surface area contributed by atoms with Crippen LogP contribution in [0.1, 0.15) is 64.5 Å². The Kier molecular flexibility index (Phi) is 7.56. The third-order valence-electron chi connectivity index (χ3n) is 4.24. The normalized spacial score (nSPS) is 11.6. The summed E-state index contributed by atoms with van der Waals surface area (Å²) in [5.74, 6) is 0.859. The second-order valence-electron chi connectivity index (χ2n) is 7.11. The molecule has 1 aromatic rings. The van der Waals surface area contributed by atoms with Gasteiger partial charge in [0.2, 0.25) is 0 Å². The fourth-order valence-corrected chi connectivity index (χ4v) is 2.30. The third kappa shape index (κ3) is 6.22. The van der Waals surface area contributed by atoms with Gasteiger partial charge in [0.15, 0.2) is 0 Å². The Bertz CT molecular complexity index is 509. The van der Waals surface area contributed by atoms with Crippen LogP contribution in [0.15, 0.2) is 18.2 Å². The van der Waals surface area contributed by atoms with Crippen molar-refractivity contribution < 1.29 is 4.79 Å². The van der Waals surface area contributed by atoms with Crippen LogP contribution in [0, 0.1) is 0 Å². The molecular weight excluding hydrogens is 286 g/mol. The Labute approximate surface area is 141 Å². The van der Waals surface area contributed by atoms with Crippen molar-refractivity contribution in [3.8, 4) is 0 Å². The van der Waals surface area contributed by atoms with Crippen molar-refractivity contribution in [2.45, 2.75) is 59.4 Å². The van der Waals surface area contributed by atoms with Gasteiger partial charge in [0.25, 0.3) is 0 Å². The van der Waals surface area contributed by atoms with Crippen LogP contribution in [0.4, 0.5) is 10.5 Å². The predicted octanol–water partition coefficient (Wildman–Crippen LogP) is 4.40. The molecule has 1 aromatic carbocycles. The average molecular weight is 319 g/mol. The van der Waals surface area contributed by atoms with Crippen molar-refractivity contribution in [2.24, 2.45) is 0 Å². The van der Waals surface area contributed by atoms with Crippen molar-refractivity contribution in [1.82, 2.24) is 10.2 Å². The van der Waals surface area contributed by atoms with E-state index in [0.29, 0.717) is 24.4 Å². The number of anilines is 1. The quantitative estimate of drug-likeness (QED) is 0.782. The number of rotatable bonds is 7. The Morgan fingerprint density at radius 3 is 2.26 bits per heavy atom. The fraction of sp³-hybridized carbons (Fsp3) is 0.632. The van der Waals surface area contributed by atoms with Gasteiger partial charge in [-0.3, -0.25) is 0 Å². The molecule has 0 aliphatic rings. The van der Waals surface area contributed by atoms with E-state index in [1.807, 2.05) is 6.07 Å². The molecule has 2 amide bonds. The van der Waals surface area contributed by atoms with Gasteiger partial charge in [0.05, 0.1) is 0 Å². The van der Waals surface area contributed by atoms with Crippen molar-refractivity contribution in [3.63, 3.8) is 0 Å². The van der Waals surface area contributed by atoms with Crippen LogP contribution in [0.3, 0.4) is 0 Å². The van der Waals surface area contributed by atoms with Gasteiger partial charge in [0.1, 0.15) is 0 Å². The molecule has 0 aliphatic heterocycles. The van der Waals surface area contributed by atoms with Gasteiger partial charge in [-0.2, -0.15) is 0 Å². The smallest absolute Gasteiger partial charge is 0.319 e. The maximum Gasteiger partial charge on any atom is 0.319 e. The molecule has 0 saturated carbocycles. The van der Waals surface area contributed by atoms with E-state index in [1.54, 1.807) is 0 Å². The zero-order valence-electron chi connectivity index (χ0n) is 15.7. The highest BCUT2D eigenvalue weighted by molar-refractivity contribution is 5.90. The van der Waals surface area contributed by atoms with Crippen LogP contribution >= 0.6 is 0 Å². The van der Waals surface area contributed by atoms with E-state index in [2.05, 4.69) is 76.3 Å². The predicted molar refractivity (Wildman–Crippen MR) is 99.4 cm³/mol. The number of carbonyl (C=O) groups is 1. The van der Waals surface area contributed by atoms with Gasteiger partial charge in [-0.15, -0.1) is 0 Å². The molecule has 2 N–H and O–H groups in total. The van der Waals surface area contributed by atoms with E-state index in [0.717, 1.165) is 12.2 Å². The first kappa shape index (κ1) is 19.5. The number of nitrogens with one attached hydrogen (secondary N) is 2. The van der Waals surface area contributed by atoms with Gasteiger partial charge in [-0.1, -0.05) is 39.8 Å². The molecule has 0 aliphatic carbocycles. The standard InChI is InChI=1S/C19H33N3O/c1-13(2)16-8-9-18(17(12-16)14(3)4)21-19(23)20-10-11-22(7)15(5)6/h8-9,12-15H,10-11H2,1-7H3,(H2,20,21,23). The first-order valence-corrected chi connectivity index (χ1v) is 8.61. The van der Waals surface area contributed by atoms with Crippen LogP contribution in [0.25, 0.3) is 0 Å². The number of likely N-dealkylation sites (N-methyl/N-ethyl adjacent to an activating group) is 1. The minimum Gasteiger partial charge on any atom is -0.337 e. The van der Waals surface area contributed by atoms with Crippen molar-refractivity contribution in [1.29, 1.82) is 0 Å². The molecule has 0 bridgehead atoms. The highest BCUT2D eigenvalue weighted by Crippen LogP contribution is 2.28. The Hall–Kier alpha value is -1.55. The minimum absolute atomic E-state index is 0.138. The van der Waals surface area contributed by atoms with E-state index in [9.17, 15) is 4.79 Å². The van der Waals surface area contributed by atoms with E-state index in [1.165, 1.54) is 11.1 Å². The summed E-state index contributed by atoms with van der Waals surface area (Å²) in [6, 6.07) is 6.66. The number of benzene rings is 1. The van der Waals surface area contributed by atoms with Gasteiger partial charge in [-0.25, -0.2) is 4.79 Å². The molecule has 0 heterocycles. The summed E-state index contributed by atoms with van der Waals surface area (Å²) in [5, 5.41) is 5.92. The van der Waals surface area contributed by atoms with Gasteiger partial charge in [0, 0.05) is 24.8 Å². The molecule has 1 rings (SSSR count).